The maximum Gasteiger partial charge on any atom is 0.0483 e. The lowest BCUT2D eigenvalue weighted by Gasteiger charge is -2.37. The normalized spacial score (nSPS) is 22.1. The molecule has 1 aromatic carbocycles. The second kappa shape index (κ2) is 4.62. The van der Waals surface area contributed by atoms with Crippen molar-refractivity contribution < 1.29 is 0 Å². The summed E-state index contributed by atoms with van der Waals surface area (Å²) in [5.41, 5.74) is 2.71. The number of hydrogen-bond donors (Lipinski definition) is 0. The van der Waals surface area contributed by atoms with Crippen LogP contribution in [0.1, 0.15) is 50.8 Å². The molecule has 0 amide bonds. The van der Waals surface area contributed by atoms with E-state index >= 15 is 0 Å². The maximum atomic E-state index is 6.46. The number of halogens is 1. The van der Waals surface area contributed by atoms with E-state index in [2.05, 4.69) is 50.8 Å². The highest BCUT2D eigenvalue weighted by molar-refractivity contribution is 6.32. The molecule has 0 aromatic heterocycles. The average Bonchev–Trinajstić information content (AvgIpc) is 2.70. The quantitative estimate of drug-likeness (QED) is 0.706. The molecule has 1 atom stereocenters. The Morgan fingerprint density at radius 2 is 2.00 bits per heavy atom. The molecule has 17 heavy (non-hydrogen) atoms. The van der Waals surface area contributed by atoms with Crippen LogP contribution in [0.2, 0.25) is 5.02 Å². The number of rotatable bonds is 1. The predicted octanol–water partition coefficient (Wildman–Crippen LogP) is 4.58. The molecule has 1 aliphatic rings. The van der Waals surface area contributed by atoms with Gasteiger partial charge in [-0.05, 0) is 58.2 Å². The third-order valence-electron chi connectivity index (χ3n) is 3.70. The fraction of sp³-hybridized carbons (Fsp3) is 0.600. The van der Waals surface area contributed by atoms with Crippen molar-refractivity contribution in [3.05, 3.63) is 34.3 Å². The smallest absolute Gasteiger partial charge is 0.0483 e. The van der Waals surface area contributed by atoms with E-state index in [4.69, 9.17) is 11.6 Å². The van der Waals surface area contributed by atoms with Crippen molar-refractivity contribution in [2.75, 3.05) is 6.54 Å². The van der Waals surface area contributed by atoms with Crippen molar-refractivity contribution in [1.29, 1.82) is 0 Å². The van der Waals surface area contributed by atoms with Crippen LogP contribution in [0.25, 0.3) is 0 Å². The first-order chi connectivity index (χ1) is 7.91. The molecule has 0 saturated carbocycles. The van der Waals surface area contributed by atoms with Crippen LogP contribution in [0.15, 0.2) is 18.2 Å². The fourth-order valence-electron chi connectivity index (χ4n) is 2.82. The number of aryl methyl sites for hydroxylation is 1. The van der Waals surface area contributed by atoms with Gasteiger partial charge in [0.15, 0.2) is 0 Å². The Balaban J connectivity index is 2.36. The zero-order valence-corrected chi connectivity index (χ0v) is 12.0. The molecule has 1 aromatic rings. The third kappa shape index (κ3) is 2.51. The largest absolute Gasteiger partial charge is 0.291 e. The molecule has 2 rings (SSSR count). The SMILES string of the molecule is Cc1cccc(C2CCCN2C(C)(C)C)c1Cl. The summed E-state index contributed by atoms with van der Waals surface area (Å²) < 4.78 is 0. The van der Waals surface area contributed by atoms with Gasteiger partial charge in [-0.2, -0.15) is 0 Å². The lowest BCUT2D eigenvalue weighted by Crippen LogP contribution is -2.40. The predicted molar refractivity (Wildman–Crippen MR) is 74.6 cm³/mol. The summed E-state index contributed by atoms with van der Waals surface area (Å²) in [6.45, 7) is 10.1. The van der Waals surface area contributed by atoms with Gasteiger partial charge in [0, 0.05) is 16.6 Å². The Kier molecular flexibility index (Phi) is 3.51. The van der Waals surface area contributed by atoms with Crippen molar-refractivity contribution in [1.82, 2.24) is 4.90 Å². The minimum Gasteiger partial charge on any atom is -0.291 e. The van der Waals surface area contributed by atoms with Crippen LogP contribution in [-0.4, -0.2) is 17.0 Å². The van der Waals surface area contributed by atoms with E-state index in [1.807, 2.05) is 0 Å². The van der Waals surface area contributed by atoms with E-state index in [1.165, 1.54) is 30.5 Å². The lowest BCUT2D eigenvalue weighted by molar-refractivity contribution is 0.121. The van der Waals surface area contributed by atoms with Gasteiger partial charge in [-0.3, -0.25) is 4.90 Å². The molecular formula is C15H22ClN. The maximum absolute atomic E-state index is 6.46. The Morgan fingerprint density at radius 3 is 2.65 bits per heavy atom. The van der Waals surface area contributed by atoms with E-state index in [0.717, 1.165) is 5.02 Å². The van der Waals surface area contributed by atoms with Crippen LogP contribution in [0, 0.1) is 6.92 Å². The first-order valence-corrected chi connectivity index (χ1v) is 6.81. The summed E-state index contributed by atoms with van der Waals surface area (Å²) in [7, 11) is 0. The minimum absolute atomic E-state index is 0.217. The summed E-state index contributed by atoms with van der Waals surface area (Å²) in [6, 6.07) is 6.88. The minimum atomic E-state index is 0.217. The Bertz CT molecular complexity index is 406. The number of benzene rings is 1. The highest BCUT2D eigenvalue weighted by atomic mass is 35.5. The Hall–Kier alpha value is -0.530. The third-order valence-corrected chi connectivity index (χ3v) is 4.21. The van der Waals surface area contributed by atoms with Crippen molar-refractivity contribution in [2.24, 2.45) is 0 Å². The van der Waals surface area contributed by atoms with Crippen molar-refractivity contribution >= 4 is 11.6 Å². The van der Waals surface area contributed by atoms with E-state index in [0.29, 0.717) is 6.04 Å². The van der Waals surface area contributed by atoms with Crippen LogP contribution in [0.3, 0.4) is 0 Å². The molecule has 1 fully saturated rings. The fourth-order valence-corrected chi connectivity index (χ4v) is 3.07. The molecule has 1 aliphatic heterocycles. The Morgan fingerprint density at radius 1 is 1.29 bits per heavy atom. The van der Waals surface area contributed by atoms with Gasteiger partial charge in [0.2, 0.25) is 0 Å². The van der Waals surface area contributed by atoms with E-state index in [-0.39, 0.29) is 5.54 Å². The number of likely N-dealkylation sites (tertiary alicyclic amines) is 1. The first-order valence-electron chi connectivity index (χ1n) is 6.43. The van der Waals surface area contributed by atoms with Crippen molar-refractivity contribution in [3.8, 4) is 0 Å². The molecule has 1 unspecified atom stereocenters. The van der Waals surface area contributed by atoms with Crippen LogP contribution in [0.5, 0.6) is 0 Å². The highest BCUT2D eigenvalue weighted by Crippen LogP contribution is 2.40. The lowest BCUT2D eigenvalue weighted by atomic mass is 9.98. The molecule has 1 nitrogen and oxygen atoms in total. The van der Waals surface area contributed by atoms with E-state index in [9.17, 15) is 0 Å². The highest BCUT2D eigenvalue weighted by Gasteiger charge is 2.34. The van der Waals surface area contributed by atoms with Gasteiger partial charge in [0.1, 0.15) is 0 Å². The van der Waals surface area contributed by atoms with Gasteiger partial charge in [-0.1, -0.05) is 29.8 Å². The average molecular weight is 252 g/mol. The van der Waals surface area contributed by atoms with Gasteiger partial charge in [0.25, 0.3) is 0 Å². The molecular weight excluding hydrogens is 230 g/mol. The van der Waals surface area contributed by atoms with E-state index in [1.54, 1.807) is 0 Å². The number of hydrogen-bond acceptors (Lipinski definition) is 1. The van der Waals surface area contributed by atoms with Gasteiger partial charge in [0.05, 0.1) is 0 Å². The standard InChI is InChI=1S/C15H22ClN/c1-11-7-5-8-12(14(11)16)13-9-6-10-17(13)15(2,3)4/h5,7-8,13H,6,9-10H2,1-4H3. The second-order valence-corrected chi connectivity index (χ2v) is 6.38. The summed E-state index contributed by atoms with van der Waals surface area (Å²) >= 11 is 6.46. The molecule has 0 N–H and O–H groups in total. The molecule has 0 aliphatic carbocycles. The van der Waals surface area contributed by atoms with Gasteiger partial charge in [-0.25, -0.2) is 0 Å². The van der Waals surface area contributed by atoms with Crippen LogP contribution < -0.4 is 0 Å². The topological polar surface area (TPSA) is 3.24 Å². The van der Waals surface area contributed by atoms with Crippen molar-refractivity contribution in [2.45, 2.75) is 52.1 Å². The molecule has 0 radical (unpaired) electrons. The van der Waals surface area contributed by atoms with Crippen molar-refractivity contribution in [3.63, 3.8) is 0 Å². The molecule has 1 heterocycles. The van der Waals surface area contributed by atoms with E-state index < -0.39 is 0 Å². The van der Waals surface area contributed by atoms with Crippen LogP contribution in [-0.2, 0) is 0 Å². The number of nitrogens with zero attached hydrogens (tertiary/aromatic N) is 1. The summed E-state index contributed by atoms with van der Waals surface area (Å²) in [6.07, 6.45) is 2.49. The summed E-state index contributed by atoms with van der Waals surface area (Å²) in [4.78, 5) is 2.58. The van der Waals surface area contributed by atoms with Gasteiger partial charge < -0.3 is 0 Å². The molecule has 1 saturated heterocycles. The zero-order valence-electron chi connectivity index (χ0n) is 11.3. The van der Waals surface area contributed by atoms with Crippen LogP contribution in [0.4, 0.5) is 0 Å². The summed E-state index contributed by atoms with van der Waals surface area (Å²) in [5.74, 6) is 0. The second-order valence-electron chi connectivity index (χ2n) is 6.00. The first kappa shape index (κ1) is 12.9. The van der Waals surface area contributed by atoms with Gasteiger partial charge >= 0.3 is 0 Å². The zero-order chi connectivity index (χ0) is 12.6. The molecule has 0 bridgehead atoms. The molecule has 0 spiro atoms. The Labute approximate surface area is 110 Å². The summed E-state index contributed by atoms with van der Waals surface area (Å²) in [5, 5.41) is 0.952. The monoisotopic (exact) mass is 251 g/mol. The molecule has 2 heteroatoms. The van der Waals surface area contributed by atoms with Crippen LogP contribution >= 0.6 is 11.6 Å². The molecule has 94 valence electrons. The van der Waals surface area contributed by atoms with Gasteiger partial charge in [-0.15, -0.1) is 0 Å².